The van der Waals surface area contributed by atoms with Crippen molar-refractivity contribution >= 4 is 6.21 Å². The number of hydrogen-bond donors (Lipinski definition) is 1. The van der Waals surface area contributed by atoms with Crippen molar-refractivity contribution in [2.24, 2.45) is 16.0 Å². The zero-order valence-electron chi connectivity index (χ0n) is 12.0. The van der Waals surface area contributed by atoms with Gasteiger partial charge in [-0.3, -0.25) is 4.90 Å². The standard InChI is InChI=1S/C14H26N2O/c1-12(2,3)10-7-14(9-15-17)8-11(14)16(10)13(4,5)6/h9-11,17H,7-8H2,1-6H3/b15-9+/t10?,11?,14-/m0/s1. The van der Waals surface area contributed by atoms with Gasteiger partial charge in [-0.05, 0) is 39.0 Å². The Labute approximate surface area is 105 Å². The summed E-state index contributed by atoms with van der Waals surface area (Å²) in [6.45, 7) is 13.8. The molecule has 0 spiro atoms. The lowest BCUT2D eigenvalue weighted by Crippen LogP contribution is -2.51. The Morgan fingerprint density at radius 2 is 1.76 bits per heavy atom. The SMILES string of the molecule is CC(C)(C)C1C[C@@]2(/C=N/O)CC2N1C(C)(C)C. The van der Waals surface area contributed by atoms with Gasteiger partial charge in [-0.2, -0.15) is 0 Å². The average molecular weight is 238 g/mol. The molecule has 98 valence electrons. The number of rotatable bonds is 1. The topological polar surface area (TPSA) is 35.8 Å². The zero-order chi connectivity index (χ0) is 13.1. The smallest absolute Gasteiger partial charge is 0.0514 e. The minimum atomic E-state index is 0.153. The van der Waals surface area contributed by atoms with Crippen LogP contribution in [0.5, 0.6) is 0 Å². The van der Waals surface area contributed by atoms with Gasteiger partial charge in [0.2, 0.25) is 0 Å². The van der Waals surface area contributed by atoms with Gasteiger partial charge in [-0.15, -0.1) is 5.16 Å². The summed E-state index contributed by atoms with van der Waals surface area (Å²) in [6, 6.07) is 1.14. The van der Waals surface area contributed by atoms with E-state index in [4.69, 9.17) is 5.21 Å². The first-order chi connectivity index (χ1) is 7.62. The maximum atomic E-state index is 8.85. The zero-order valence-corrected chi connectivity index (χ0v) is 12.0. The highest BCUT2D eigenvalue weighted by atomic mass is 16.4. The average Bonchev–Trinajstić information content (AvgIpc) is 2.67. The molecule has 1 aliphatic carbocycles. The van der Waals surface area contributed by atoms with Gasteiger partial charge in [0.25, 0.3) is 0 Å². The first-order valence-corrected chi connectivity index (χ1v) is 6.59. The lowest BCUT2D eigenvalue weighted by atomic mass is 9.80. The van der Waals surface area contributed by atoms with E-state index in [0.29, 0.717) is 12.1 Å². The van der Waals surface area contributed by atoms with E-state index in [0.717, 1.165) is 12.8 Å². The van der Waals surface area contributed by atoms with Crippen LogP contribution in [0.1, 0.15) is 54.4 Å². The predicted molar refractivity (Wildman–Crippen MR) is 70.6 cm³/mol. The van der Waals surface area contributed by atoms with Crippen molar-refractivity contribution in [3.63, 3.8) is 0 Å². The number of oxime groups is 1. The monoisotopic (exact) mass is 238 g/mol. The van der Waals surface area contributed by atoms with Gasteiger partial charge in [0, 0.05) is 23.0 Å². The second-order valence-corrected chi connectivity index (χ2v) is 7.86. The Balaban J connectivity index is 2.30. The Morgan fingerprint density at radius 1 is 1.18 bits per heavy atom. The minimum absolute atomic E-state index is 0.153. The summed E-state index contributed by atoms with van der Waals surface area (Å²) in [7, 11) is 0. The third-order valence-corrected chi connectivity index (χ3v) is 4.41. The summed E-state index contributed by atoms with van der Waals surface area (Å²) in [5.74, 6) is 0. The summed E-state index contributed by atoms with van der Waals surface area (Å²) >= 11 is 0. The Morgan fingerprint density at radius 3 is 2.12 bits per heavy atom. The fraction of sp³-hybridized carbons (Fsp3) is 0.929. The highest BCUT2D eigenvalue weighted by molar-refractivity contribution is 5.72. The Kier molecular flexibility index (Phi) is 2.63. The molecule has 0 aromatic heterocycles. The van der Waals surface area contributed by atoms with E-state index in [1.165, 1.54) is 0 Å². The summed E-state index contributed by atoms with van der Waals surface area (Å²) in [5.41, 5.74) is 0.612. The molecule has 3 atom stereocenters. The number of piperidine rings is 1. The van der Waals surface area contributed by atoms with Crippen LogP contribution in [0.2, 0.25) is 0 Å². The lowest BCUT2D eigenvalue weighted by Gasteiger charge is -2.45. The summed E-state index contributed by atoms with van der Waals surface area (Å²) in [4.78, 5) is 2.65. The molecule has 0 amide bonds. The molecular formula is C14H26N2O. The molecule has 1 heterocycles. The molecule has 3 heteroatoms. The molecule has 0 aromatic carbocycles. The molecule has 0 aromatic rings. The molecule has 2 aliphatic rings. The van der Waals surface area contributed by atoms with Crippen molar-refractivity contribution in [2.75, 3.05) is 0 Å². The second kappa shape index (κ2) is 3.47. The van der Waals surface area contributed by atoms with E-state index in [1.54, 1.807) is 6.21 Å². The fourth-order valence-electron chi connectivity index (χ4n) is 3.54. The van der Waals surface area contributed by atoms with Crippen LogP contribution in [0.3, 0.4) is 0 Å². The van der Waals surface area contributed by atoms with E-state index in [2.05, 4.69) is 51.6 Å². The molecule has 1 aliphatic heterocycles. The largest absolute Gasteiger partial charge is 0.411 e. The molecular weight excluding hydrogens is 212 g/mol. The first-order valence-electron chi connectivity index (χ1n) is 6.59. The minimum Gasteiger partial charge on any atom is -0.411 e. The van der Waals surface area contributed by atoms with Crippen LogP contribution in [-0.2, 0) is 0 Å². The van der Waals surface area contributed by atoms with Crippen LogP contribution in [0.25, 0.3) is 0 Å². The molecule has 3 nitrogen and oxygen atoms in total. The molecule has 0 bridgehead atoms. The third kappa shape index (κ3) is 1.99. The van der Waals surface area contributed by atoms with Gasteiger partial charge in [0.15, 0.2) is 0 Å². The molecule has 1 N–H and O–H groups in total. The maximum Gasteiger partial charge on any atom is 0.0514 e. The maximum absolute atomic E-state index is 8.85. The lowest BCUT2D eigenvalue weighted by molar-refractivity contribution is 0.0362. The van der Waals surface area contributed by atoms with Gasteiger partial charge >= 0.3 is 0 Å². The van der Waals surface area contributed by atoms with Gasteiger partial charge in [-0.25, -0.2) is 0 Å². The van der Waals surface area contributed by atoms with Crippen molar-refractivity contribution in [3.05, 3.63) is 0 Å². The molecule has 2 fully saturated rings. The highest BCUT2D eigenvalue weighted by Crippen LogP contribution is 2.62. The van der Waals surface area contributed by atoms with Gasteiger partial charge in [-0.1, -0.05) is 20.8 Å². The van der Waals surface area contributed by atoms with Crippen molar-refractivity contribution in [3.8, 4) is 0 Å². The number of hydrogen-bond acceptors (Lipinski definition) is 3. The van der Waals surface area contributed by atoms with E-state index in [1.807, 2.05) is 0 Å². The van der Waals surface area contributed by atoms with E-state index in [9.17, 15) is 0 Å². The molecule has 2 unspecified atom stereocenters. The second-order valence-electron chi connectivity index (χ2n) is 7.86. The summed E-state index contributed by atoms with van der Waals surface area (Å²) < 4.78 is 0. The molecule has 0 radical (unpaired) electrons. The van der Waals surface area contributed by atoms with Gasteiger partial charge < -0.3 is 5.21 Å². The van der Waals surface area contributed by atoms with Crippen LogP contribution >= 0.6 is 0 Å². The fourth-order valence-corrected chi connectivity index (χ4v) is 3.54. The quantitative estimate of drug-likeness (QED) is 0.433. The van der Waals surface area contributed by atoms with Crippen molar-refractivity contribution in [1.82, 2.24) is 4.90 Å². The van der Waals surface area contributed by atoms with Crippen LogP contribution in [0.15, 0.2) is 5.16 Å². The molecule has 17 heavy (non-hydrogen) atoms. The van der Waals surface area contributed by atoms with Gasteiger partial charge in [0.1, 0.15) is 0 Å². The predicted octanol–water partition coefficient (Wildman–Crippen LogP) is 3.12. The van der Waals surface area contributed by atoms with Crippen LogP contribution in [0, 0.1) is 10.8 Å². The normalized spacial score (nSPS) is 38.7. The summed E-state index contributed by atoms with van der Waals surface area (Å²) in [6.07, 6.45) is 4.06. The van der Waals surface area contributed by atoms with E-state index < -0.39 is 0 Å². The first kappa shape index (κ1) is 12.9. The van der Waals surface area contributed by atoms with Crippen LogP contribution in [-0.4, -0.2) is 33.9 Å². The van der Waals surface area contributed by atoms with E-state index in [-0.39, 0.29) is 16.4 Å². The Bertz CT molecular complexity index is 337. The van der Waals surface area contributed by atoms with Crippen LogP contribution in [0.4, 0.5) is 0 Å². The van der Waals surface area contributed by atoms with Crippen molar-refractivity contribution in [1.29, 1.82) is 0 Å². The highest BCUT2D eigenvalue weighted by Gasteiger charge is 2.67. The molecule has 2 rings (SSSR count). The van der Waals surface area contributed by atoms with Crippen molar-refractivity contribution < 1.29 is 5.21 Å². The number of likely N-dealkylation sites (tertiary alicyclic amines) is 1. The van der Waals surface area contributed by atoms with Crippen molar-refractivity contribution in [2.45, 2.75) is 72.0 Å². The Hall–Kier alpha value is -0.570. The summed E-state index contributed by atoms with van der Waals surface area (Å²) in [5, 5.41) is 12.2. The van der Waals surface area contributed by atoms with E-state index >= 15 is 0 Å². The molecule has 1 saturated carbocycles. The molecule has 1 saturated heterocycles. The van der Waals surface area contributed by atoms with Gasteiger partial charge in [0.05, 0.1) is 6.21 Å². The third-order valence-electron chi connectivity index (χ3n) is 4.41. The number of nitrogens with zero attached hydrogens (tertiary/aromatic N) is 2. The van der Waals surface area contributed by atoms with Crippen LogP contribution < -0.4 is 0 Å². The number of fused-ring (bicyclic) bond motifs is 1.